The molecule has 7 heteroatoms. The van der Waals surface area contributed by atoms with Crippen LogP contribution in [0.1, 0.15) is 0 Å². The van der Waals surface area contributed by atoms with Gasteiger partial charge in [0, 0.05) is 0 Å². The molecular formula is C28H28BrO4PSi. The molecule has 0 saturated heterocycles. The Morgan fingerprint density at radius 2 is 1.20 bits per heavy atom. The van der Waals surface area contributed by atoms with Crippen molar-refractivity contribution < 1.29 is 19.3 Å². The molecule has 4 nitrogen and oxygen atoms in total. The summed E-state index contributed by atoms with van der Waals surface area (Å²) in [6.07, 6.45) is 0.419. The van der Waals surface area contributed by atoms with Gasteiger partial charge in [-0.3, -0.25) is 0 Å². The van der Waals surface area contributed by atoms with Crippen LogP contribution in [0.25, 0.3) is 0 Å². The van der Waals surface area contributed by atoms with E-state index < -0.39 is 5.31 Å². The van der Waals surface area contributed by atoms with Crippen LogP contribution in [0.3, 0.4) is 0 Å². The zero-order valence-corrected chi connectivity index (χ0v) is 23.2. The molecule has 0 amide bonds. The van der Waals surface area contributed by atoms with Crippen molar-refractivity contribution in [2.75, 3.05) is 20.4 Å². The third kappa shape index (κ3) is 4.69. The van der Waals surface area contributed by atoms with E-state index in [1.54, 1.807) is 20.3 Å². The molecule has 0 atom stereocenters. The summed E-state index contributed by atoms with van der Waals surface area (Å²) in [7, 11) is 3.53. The normalized spacial score (nSPS) is 12.7. The van der Waals surface area contributed by atoms with E-state index in [0.29, 0.717) is 12.0 Å². The Bertz CT molecular complexity index is 1140. The molecule has 0 aliphatic carbocycles. The van der Waals surface area contributed by atoms with Crippen molar-refractivity contribution in [2.24, 2.45) is 0 Å². The number of phenols is 1. The molecule has 180 valence electrons. The second-order valence-corrected chi connectivity index (χ2v) is 17.4. The molecule has 35 heavy (non-hydrogen) atoms. The molecule has 0 aliphatic rings. The van der Waals surface area contributed by atoms with Crippen molar-refractivity contribution >= 4 is 51.5 Å². The average Bonchev–Trinajstić information content (AvgIpc) is 2.93. The number of ether oxygens (including phenoxy) is 3. The Labute approximate surface area is 217 Å². The van der Waals surface area contributed by atoms with Crippen LogP contribution in [0.4, 0.5) is 0 Å². The molecule has 0 heterocycles. The molecule has 0 unspecified atom stereocenters. The van der Waals surface area contributed by atoms with Gasteiger partial charge in [-0.1, -0.05) is 0 Å². The van der Waals surface area contributed by atoms with Crippen LogP contribution in [0.15, 0.2) is 109 Å². The van der Waals surface area contributed by atoms with Crippen LogP contribution in [0.5, 0.6) is 11.5 Å². The third-order valence-electron chi connectivity index (χ3n) is 6.02. The van der Waals surface area contributed by atoms with Crippen molar-refractivity contribution in [2.45, 2.75) is 5.91 Å². The molecule has 1 N–H and O–H groups in total. The summed E-state index contributed by atoms with van der Waals surface area (Å²) in [6, 6.07) is 36.6. The Hall–Kier alpha value is -2.47. The number of hydrogen-bond donors (Lipinski definition) is 1. The molecule has 0 spiro atoms. The molecular weight excluding hydrogens is 539 g/mol. The summed E-state index contributed by atoms with van der Waals surface area (Å²) in [6.45, 7) is 0. The van der Waals surface area contributed by atoms with E-state index >= 15 is 0 Å². The zero-order valence-electron chi connectivity index (χ0n) is 19.7. The zero-order chi connectivity index (χ0) is 24.8. The van der Waals surface area contributed by atoms with Crippen LogP contribution in [0.2, 0.25) is 0 Å². The minimum atomic E-state index is -3.53. The van der Waals surface area contributed by atoms with Crippen molar-refractivity contribution in [3.63, 3.8) is 0 Å². The van der Waals surface area contributed by atoms with Gasteiger partial charge in [0.2, 0.25) is 0 Å². The van der Waals surface area contributed by atoms with E-state index in [0.717, 1.165) is 21.2 Å². The SMILES string of the molecule is COC(OC)[Si]COc1ccc(O)cc1P(Br)(c1ccccc1)(c1ccccc1)c1ccccc1. The molecule has 0 bridgehead atoms. The summed E-state index contributed by atoms with van der Waals surface area (Å²) in [5, 5.41) is 11.5. The minimum absolute atomic E-state index is 0.178. The predicted octanol–water partition coefficient (Wildman–Crippen LogP) is 4.47. The van der Waals surface area contributed by atoms with Gasteiger partial charge in [0.15, 0.2) is 0 Å². The molecule has 4 rings (SSSR count). The van der Waals surface area contributed by atoms with E-state index in [4.69, 9.17) is 14.2 Å². The Kier molecular flexibility index (Phi) is 8.10. The van der Waals surface area contributed by atoms with Gasteiger partial charge < -0.3 is 0 Å². The van der Waals surface area contributed by atoms with E-state index in [-0.39, 0.29) is 21.2 Å². The second kappa shape index (κ2) is 11.1. The van der Waals surface area contributed by atoms with Gasteiger partial charge in [-0.15, -0.1) is 0 Å². The molecule has 0 aromatic heterocycles. The Morgan fingerprint density at radius 3 is 1.63 bits per heavy atom. The first-order valence-corrected chi connectivity index (χ1v) is 16.7. The van der Waals surface area contributed by atoms with Crippen molar-refractivity contribution in [1.82, 2.24) is 0 Å². The first kappa shape index (κ1) is 25.6. The first-order valence-electron chi connectivity index (χ1n) is 11.2. The van der Waals surface area contributed by atoms with Gasteiger partial charge in [-0.05, 0) is 0 Å². The number of halogens is 1. The fraction of sp³-hybridized carbons (Fsp3) is 0.143. The molecule has 0 fully saturated rings. The third-order valence-corrected chi connectivity index (χ3v) is 17.0. The number of hydrogen-bond acceptors (Lipinski definition) is 4. The fourth-order valence-corrected chi connectivity index (χ4v) is 12.9. The summed E-state index contributed by atoms with van der Waals surface area (Å²) >= 11 is 4.45. The van der Waals surface area contributed by atoms with Crippen molar-refractivity contribution in [1.29, 1.82) is 0 Å². The van der Waals surface area contributed by atoms with Crippen LogP contribution in [-0.2, 0) is 9.47 Å². The average molecular weight is 567 g/mol. The van der Waals surface area contributed by atoms with E-state index in [2.05, 4.69) is 88.3 Å². The van der Waals surface area contributed by atoms with Crippen LogP contribution in [0, 0.1) is 0 Å². The fourth-order valence-electron chi connectivity index (χ4n) is 4.39. The van der Waals surface area contributed by atoms with Gasteiger partial charge in [0.25, 0.3) is 0 Å². The van der Waals surface area contributed by atoms with Crippen LogP contribution >= 0.6 is 20.8 Å². The molecule has 0 aliphatic heterocycles. The summed E-state index contributed by atoms with van der Waals surface area (Å²) in [5.74, 6) is 0.553. The molecule has 0 saturated carbocycles. The van der Waals surface area contributed by atoms with Gasteiger partial charge in [-0.25, -0.2) is 0 Å². The second-order valence-electron chi connectivity index (χ2n) is 7.96. The maximum atomic E-state index is 10.8. The van der Waals surface area contributed by atoms with Crippen LogP contribution in [-0.4, -0.2) is 41.0 Å². The maximum absolute atomic E-state index is 10.8. The van der Waals surface area contributed by atoms with Gasteiger partial charge in [0.1, 0.15) is 0 Å². The standard InChI is InChI=1S/C28H28BrO4PSi/c1-31-28(32-2)35-21-33-26-19-18-22(30)20-27(26)34(29,23-12-6-3-7-13-23,24-14-8-4-9-15-24)25-16-10-5-11-17-25/h3-20,28,30H,21H2,1-2H3. The molecule has 4 aromatic rings. The van der Waals surface area contributed by atoms with Crippen LogP contribution < -0.4 is 26.0 Å². The monoisotopic (exact) mass is 566 g/mol. The number of methoxy groups -OCH3 is 2. The summed E-state index contributed by atoms with van der Waals surface area (Å²) < 4.78 is 17.1. The van der Waals surface area contributed by atoms with Gasteiger partial charge in [-0.2, -0.15) is 0 Å². The predicted molar refractivity (Wildman–Crippen MR) is 151 cm³/mol. The van der Waals surface area contributed by atoms with Crippen molar-refractivity contribution in [3.05, 3.63) is 109 Å². The van der Waals surface area contributed by atoms with E-state index in [1.807, 2.05) is 30.3 Å². The topological polar surface area (TPSA) is 47.9 Å². The van der Waals surface area contributed by atoms with Gasteiger partial charge in [0.05, 0.1) is 0 Å². The quantitative estimate of drug-likeness (QED) is 0.175. The molecule has 4 aromatic carbocycles. The number of benzene rings is 4. The number of rotatable bonds is 10. The Balaban J connectivity index is 2.04. The van der Waals surface area contributed by atoms with Crippen molar-refractivity contribution in [3.8, 4) is 11.5 Å². The van der Waals surface area contributed by atoms with E-state index in [1.165, 1.54) is 0 Å². The summed E-state index contributed by atoms with van der Waals surface area (Å²) in [4.78, 5) is 0. The number of aromatic hydroxyl groups is 1. The van der Waals surface area contributed by atoms with E-state index in [9.17, 15) is 5.11 Å². The number of phenolic OH excluding ortho intramolecular Hbond substituents is 1. The Morgan fingerprint density at radius 1 is 0.743 bits per heavy atom. The summed E-state index contributed by atoms with van der Waals surface area (Å²) in [5.41, 5.74) is 0. The first-order chi connectivity index (χ1) is 17.0. The molecule has 2 radical (unpaired) electrons. The van der Waals surface area contributed by atoms with Gasteiger partial charge >= 0.3 is 218 Å².